The second-order valence-electron chi connectivity index (χ2n) is 7.22. The number of hydrogen-bond acceptors (Lipinski definition) is 4. The lowest BCUT2D eigenvalue weighted by molar-refractivity contribution is 0.0950. The summed E-state index contributed by atoms with van der Waals surface area (Å²) in [5.74, 6) is 0.331. The molecule has 1 aliphatic rings. The van der Waals surface area contributed by atoms with Crippen molar-refractivity contribution >= 4 is 22.9 Å². The molecule has 2 N–H and O–H groups in total. The number of benzene rings is 3. The average Bonchev–Trinajstić information content (AvgIpc) is 3.43. The number of H-pyrrole nitrogens is 1. The van der Waals surface area contributed by atoms with Crippen LogP contribution in [-0.4, -0.2) is 29.4 Å². The highest BCUT2D eigenvalue weighted by Crippen LogP contribution is 2.36. The molecule has 0 bridgehead atoms. The van der Waals surface area contributed by atoms with Crippen LogP contribution in [0.4, 0.5) is 0 Å². The maximum absolute atomic E-state index is 12.5. The van der Waals surface area contributed by atoms with Gasteiger partial charge in [-0.1, -0.05) is 42.5 Å². The summed E-state index contributed by atoms with van der Waals surface area (Å²) in [6.07, 6.45) is 3.71. The third kappa shape index (κ3) is 3.12. The van der Waals surface area contributed by atoms with E-state index in [1.807, 2.05) is 24.3 Å². The molecule has 0 aliphatic heterocycles. The fourth-order valence-corrected chi connectivity index (χ4v) is 4.04. The highest BCUT2D eigenvalue weighted by molar-refractivity contribution is 6.02. The monoisotopic (exact) mass is 396 g/mol. The number of aromatic nitrogens is 2. The lowest BCUT2D eigenvalue weighted by Gasteiger charge is -2.06. The van der Waals surface area contributed by atoms with Crippen molar-refractivity contribution in [2.24, 2.45) is 5.10 Å². The van der Waals surface area contributed by atoms with Crippen molar-refractivity contribution in [2.75, 3.05) is 7.11 Å². The first-order valence-corrected chi connectivity index (χ1v) is 9.80. The highest BCUT2D eigenvalue weighted by Gasteiger charge is 2.18. The maximum atomic E-state index is 12.5. The molecular weight excluding hydrogens is 376 g/mol. The van der Waals surface area contributed by atoms with Crippen LogP contribution in [0.25, 0.3) is 22.0 Å². The Bertz CT molecular complexity index is 1280. The standard InChI is InChI=1S/C24H20N4O2/c1-30-22-8-3-2-5-17(22)14-25-28-24(29)21-13-20(26-27-21)18-12-11-16-10-9-15-6-4-7-19(18)23(15)16/h2-8,11-14H,9-10H2,1H3,(H,26,27)(H,28,29)/b25-14+. The van der Waals surface area contributed by atoms with Crippen molar-refractivity contribution in [2.45, 2.75) is 12.8 Å². The number of aryl methyl sites for hydroxylation is 2. The zero-order valence-electron chi connectivity index (χ0n) is 16.5. The quantitative estimate of drug-likeness (QED) is 0.394. The number of hydrazone groups is 1. The van der Waals surface area contributed by atoms with Crippen LogP contribution in [0.5, 0.6) is 5.75 Å². The van der Waals surface area contributed by atoms with Gasteiger partial charge in [0.05, 0.1) is 19.0 Å². The highest BCUT2D eigenvalue weighted by atomic mass is 16.5. The number of carbonyl (C=O) groups excluding carboxylic acids is 1. The molecule has 148 valence electrons. The largest absolute Gasteiger partial charge is 0.496 e. The molecule has 0 unspecified atom stereocenters. The summed E-state index contributed by atoms with van der Waals surface area (Å²) in [6, 6.07) is 19.9. The summed E-state index contributed by atoms with van der Waals surface area (Å²) >= 11 is 0. The van der Waals surface area contributed by atoms with Gasteiger partial charge < -0.3 is 4.74 Å². The topological polar surface area (TPSA) is 79.4 Å². The Labute approximate surface area is 173 Å². The van der Waals surface area contributed by atoms with E-state index in [-0.39, 0.29) is 5.91 Å². The van der Waals surface area contributed by atoms with Gasteiger partial charge in [-0.2, -0.15) is 10.2 Å². The third-order valence-electron chi connectivity index (χ3n) is 5.48. The number of aromatic amines is 1. The van der Waals surface area contributed by atoms with E-state index in [0.717, 1.165) is 29.7 Å². The number of nitrogens with one attached hydrogen (secondary N) is 2. The summed E-state index contributed by atoms with van der Waals surface area (Å²) in [6.45, 7) is 0. The molecule has 1 amide bonds. The minimum Gasteiger partial charge on any atom is -0.496 e. The van der Waals surface area contributed by atoms with Gasteiger partial charge in [-0.3, -0.25) is 9.89 Å². The summed E-state index contributed by atoms with van der Waals surface area (Å²) in [5, 5.41) is 13.7. The first-order valence-electron chi connectivity index (χ1n) is 9.80. The van der Waals surface area contributed by atoms with E-state index in [1.54, 1.807) is 19.4 Å². The summed E-state index contributed by atoms with van der Waals surface area (Å²) in [7, 11) is 1.59. The molecule has 6 nitrogen and oxygen atoms in total. The number of ether oxygens (including phenoxy) is 1. The van der Waals surface area contributed by atoms with Gasteiger partial charge in [0, 0.05) is 11.1 Å². The van der Waals surface area contributed by atoms with Gasteiger partial charge in [0.25, 0.3) is 5.91 Å². The van der Waals surface area contributed by atoms with E-state index in [0.29, 0.717) is 11.4 Å². The molecule has 0 atom stereocenters. The van der Waals surface area contributed by atoms with Crippen LogP contribution in [0.3, 0.4) is 0 Å². The van der Waals surface area contributed by atoms with Gasteiger partial charge in [-0.15, -0.1) is 0 Å². The van der Waals surface area contributed by atoms with Gasteiger partial charge in [-0.05, 0) is 52.9 Å². The smallest absolute Gasteiger partial charge is 0.289 e. The van der Waals surface area contributed by atoms with Gasteiger partial charge in [0.1, 0.15) is 11.4 Å². The maximum Gasteiger partial charge on any atom is 0.289 e. The van der Waals surface area contributed by atoms with E-state index in [2.05, 4.69) is 51.1 Å². The molecule has 0 saturated heterocycles. The van der Waals surface area contributed by atoms with Gasteiger partial charge >= 0.3 is 0 Å². The fraction of sp³-hybridized carbons (Fsp3) is 0.125. The van der Waals surface area contributed by atoms with Crippen LogP contribution in [0.15, 0.2) is 65.8 Å². The van der Waals surface area contributed by atoms with Crippen molar-refractivity contribution in [3.8, 4) is 17.0 Å². The lowest BCUT2D eigenvalue weighted by atomic mass is 9.98. The SMILES string of the molecule is COc1ccccc1/C=N/NC(=O)c1cc(-c2ccc3c4c(cccc24)CC3)n[nH]1. The van der Waals surface area contributed by atoms with E-state index >= 15 is 0 Å². The molecule has 0 spiro atoms. The number of methoxy groups -OCH3 is 1. The van der Waals surface area contributed by atoms with Crippen molar-refractivity contribution in [1.82, 2.24) is 15.6 Å². The molecule has 0 fully saturated rings. The van der Waals surface area contributed by atoms with E-state index in [4.69, 9.17) is 4.74 Å². The van der Waals surface area contributed by atoms with Gasteiger partial charge in [0.2, 0.25) is 0 Å². The Balaban J connectivity index is 1.38. The predicted molar refractivity (Wildman–Crippen MR) is 117 cm³/mol. The molecule has 6 heteroatoms. The van der Waals surface area contributed by atoms with Crippen LogP contribution in [-0.2, 0) is 12.8 Å². The summed E-state index contributed by atoms with van der Waals surface area (Å²) < 4.78 is 5.28. The molecule has 1 aliphatic carbocycles. The van der Waals surface area contributed by atoms with Crippen LogP contribution in [0.1, 0.15) is 27.2 Å². The average molecular weight is 396 g/mol. The molecule has 1 heterocycles. The van der Waals surface area contributed by atoms with Gasteiger partial charge in [0.15, 0.2) is 0 Å². The molecule has 0 radical (unpaired) electrons. The number of amides is 1. The summed E-state index contributed by atoms with van der Waals surface area (Å²) in [4.78, 5) is 12.5. The van der Waals surface area contributed by atoms with E-state index in [9.17, 15) is 4.79 Å². The number of para-hydroxylation sites is 1. The van der Waals surface area contributed by atoms with Crippen LogP contribution in [0.2, 0.25) is 0 Å². The number of nitrogens with zero attached hydrogens (tertiary/aromatic N) is 2. The Kier molecular flexibility index (Phi) is 4.52. The number of carbonyl (C=O) groups is 1. The minimum atomic E-state index is -0.356. The summed E-state index contributed by atoms with van der Waals surface area (Å²) in [5.41, 5.74) is 8.18. The Hall–Kier alpha value is -3.93. The van der Waals surface area contributed by atoms with E-state index in [1.165, 1.54) is 21.9 Å². The molecule has 0 saturated carbocycles. The number of hydrogen-bond donors (Lipinski definition) is 2. The number of rotatable bonds is 5. The zero-order chi connectivity index (χ0) is 20.5. The van der Waals surface area contributed by atoms with Crippen molar-refractivity contribution in [3.05, 3.63) is 83.0 Å². The zero-order valence-corrected chi connectivity index (χ0v) is 16.5. The second kappa shape index (κ2) is 7.48. The fourth-order valence-electron chi connectivity index (χ4n) is 4.04. The molecule has 4 aromatic rings. The normalized spacial score (nSPS) is 12.6. The lowest BCUT2D eigenvalue weighted by Crippen LogP contribution is -2.18. The Morgan fingerprint density at radius 1 is 1.10 bits per heavy atom. The van der Waals surface area contributed by atoms with Crippen LogP contribution >= 0.6 is 0 Å². The Morgan fingerprint density at radius 3 is 2.80 bits per heavy atom. The first kappa shape index (κ1) is 18.1. The van der Waals surface area contributed by atoms with Gasteiger partial charge in [-0.25, -0.2) is 5.43 Å². The first-order chi connectivity index (χ1) is 14.7. The molecule has 1 aromatic heterocycles. The molecule has 3 aromatic carbocycles. The molecular formula is C24H20N4O2. The van der Waals surface area contributed by atoms with Crippen molar-refractivity contribution < 1.29 is 9.53 Å². The predicted octanol–water partition coefficient (Wildman–Crippen LogP) is 4.10. The van der Waals surface area contributed by atoms with Crippen LogP contribution in [0, 0.1) is 0 Å². The third-order valence-corrected chi connectivity index (χ3v) is 5.48. The molecule has 30 heavy (non-hydrogen) atoms. The van der Waals surface area contributed by atoms with Crippen LogP contribution < -0.4 is 10.2 Å². The second-order valence-corrected chi connectivity index (χ2v) is 7.22. The van der Waals surface area contributed by atoms with Crippen molar-refractivity contribution in [3.63, 3.8) is 0 Å². The van der Waals surface area contributed by atoms with Crippen molar-refractivity contribution in [1.29, 1.82) is 0 Å². The molecule has 5 rings (SSSR count). The minimum absolute atomic E-state index is 0.352. The van der Waals surface area contributed by atoms with E-state index < -0.39 is 0 Å². The Morgan fingerprint density at radius 2 is 1.93 bits per heavy atom.